The number of hydrogen-bond donors (Lipinski definition) is 0. The highest BCUT2D eigenvalue weighted by Gasteiger charge is 2.51. The van der Waals surface area contributed by atoms with E-state index in [4.69, 9.17) is 0 Å². The van der Waals surface area contributed by atoms with Crippen molar-refractivity contribution < 1.29 is 0 Å². The van der Waals surface area contributed by atoms with Crippen LogP contribution < -0.4 is 4.90 Å². The lowest BCUT2D eigenvalue weighted by atomic mass is 9.70. The van der Waals surface area contributed by atoms with Gasteiger partial charge in [-0.05, 0) is 113 Å². The molecule has 0 amide bonds. The Labute approximate surface area is 326 Å². The normalized spacial score (nSPS) is 13.1. The molecule has 56 heavy (non-hydrogen) atoms. The molecular formula is C55H35N. The van der Waals surface area contributed by atoms with E-state index in [0.29, 0.717) is 0 Å². The van der Waals surface area contributed by atoms with Crippen LogP contribution in [0.25, 0.3) is 65.7 Å². The minimum absolute atomic E-state index is 0.382. The molecule has 0 unspecified atom stereocenters. The molecule has 2 aliphatic rings. The van der Waals surface area contributed by atoms with Crippen molar-refractivity contribution in [2.45, 2.75) is 5.41 Å². The van der Waals surface area contributed by atoms with Gasteiger partial charge in [0.15, 0.2) is 0 Å². The fourth-order valence-corrected chi connectivity index (χ4v) is 10.2. The topological polar surface area (TPSA) is 3.24 Å². The van der Waals surface area contributed by atoms with E-state index in [9.17, 15) is 0 Å². The highest BCUT2D eigenvalue weighted by Crippen LogP contribution is 2.63. The van der Waals surface area contributed by atoms with Crippen LogP contribution in [0.4, 0.5) is 17.1 Å². The van der Waals surface area contributed by atoms with Gasteiger partial charge in [-0.1, -0.05) is 182 Å². The van der Waals surface area contributed by atoms with Gasteiger partial charge in [-0.3, -0.25) is 0 Å². The zero-order chi connectivity index (χ0) is 36.8. The van der Waals surface area contributed by atoms with Crippen LogP contribution in [0, 0.1) is 0 Å². The maximum absolute atomic E-state index is 2.48. The van der Waals surface area contributed by atoms with Gasteiger partial charge in [-0.2, -0.15) is 0 Å². The fourth-order valence-electron chi connectivity index (χ4n) is 10.2. The molecule has 12 rings (SSSR count). The first-order chi connectivity index (χ1) is 27.8. The van der Waals surface area contributed by atoms with Crippen LogP contribution in [0.15, 0.2) is 212 Å². The Balaban J connectivity index is 1.15. The Hall–Kier alpha value is -7.22. The van der Waals surface area contributed by atoms with E-state index in [1.807, 2.05) is 0 Å². The van der Waals surface area contributed by atoms with Crippen LogP contribution in [0.2, 0.25) is 0 Å². The molecule has 0 fully saturated rings. The molecule has 0 heterocycles. The van der Waals surface area contributed by atoms with Crippen molar-refractivity contribution in [3.8, 4) is 33.4 Å². The van der Waals surface area contributed by atoms with Gasteiger partial charge in [-0.15, -0.1) is 0 Å². The average molecular weight is 710 g/mol. The number of nitrogens with zero attached hydrogens (tertiary/aromatic N) is 1. The molecular weight excluding hydrogens is 675 g/mol. The lowest BCUT2D eigenvalue weighted by molar-refractivity contribution is 0.794. The van der Waals surface area contributed by atoms with Crippen LogP contribution in [-0.2, 0) is 5.41 Å². The summed E-state index contributed by atoms with van der Waals surface area (Å²) in [5, 5.41) is 7.63. The van der Waals surface area contributed by atoms with Crippen molar-refractivity contribution in [2.24, 2.45) is 0 Å². The molecule has 10 aromatic carbocycles. The third kappa shape index (κ3) is 4.20. The van der Waals surface area contributed by atoms with Crippen LogP contribution in [-0.4, -0.2) is 0 Å². The van der Waals surface area contributed by atoms with Crippen molar-refractivity contribution in [1.82, 2.24) is 0 Å². The predicted octanol–water partition coefficient (Wildman–Crippen LogP) is 14.6. The number of anilines is 3. The quantitative estimate of drug-likeness (QED) is 0.164. The van der Waals surface area contributed by atoms with Crippen molar-refractivity contribution in [1.29, 1.82) is 0 Å². The van der Waals surface area contributed by atoms with Gasteiger partial charge in [0, 0.05) is 16.9 Å². The zero-order valence-corrected chi connectivity index (χ0v) is 30.7. The minimum Gasteiger partial charge on any atom is -0.310 e. The molecule has 0 aromatic heterocycles. The Morgan fingerprint density at radius 2 is 0.679 bits per heavy atom. The first-order valence-electron chi connectivity index (χ1n) is 19.5. The molecule has 0 saturated carbocycles. The summed E-state index contributed by atoms with van der Waals surface area (Å²) in [5.74, 6) is 0. The molecule has 0 bridgehead atoms. The maximum Gasteiger partial charge on any atom is 0.0725 e. The molecule has 0 aliphatic heterocycles. The molecule has 0 radical (unpaired) electrons. The number of rotatable bonds is 4. The Morgan fingerprint density at radius 3 is 1.29 bits per heavy atom. The zero-order valence-electron chi connectivity index (χ0n) is 30.7. The van der Waals surface area contributed by atoms with Crippen molar-refractivity contribution in [3.05, 3.63) is 235 Å². The predicted molar refractivity (Wildman–Crippen MR) is 235 cm³/mol. The fraction of sp³-hybridized carbons (Fsp3) is 0.0182. The second-order valence-corrected chi connectivity index (χ2v) is 15.2. The van der Waals surface area contributed by atoms with Crippen LogP contribution in [0.3, 0.4) is 0 Å². The highest BCUT2D eigenvalue weighted by atomic mass is 15.1. The summed E-state index contributed by atoms with van der Waals surface area (Å²) in [4.78, 5) is 2.48. The van der Waals surface area contributed by atoms with Crippen molar-refractivity contribution >= 4 is 49.4 Å². The molecule has 260 valence electrons. The Morgan fingerprint density at radius 1 is 0.268 bits per heavy atom. The second kappa shape index (κ2) is 11.9. The molecule has 1 spiro atoms. The van der Waals surface area contributed by atoms with Gasteiger partial charge in [0.2, 0.25) is 0 Å². The summed E-state index contributed by atoms with van der Waals surface area (Å²) in [6.45, 7) is 0. The van der Waals surface area contributed by atoms with Crippen LogP contribution in [0.1, 0.15) is 22.3 Å². The molecule has 1 heteroatoms. The summed E-state index contributed by atoms with van der Waals surface area (Å²) in [7, 11) is 0. The molecule has 0 saturated heterocycles. The number of para-hydroxylation sites is 1. The SMILES string of the molecule is c1ccc(-c2ccccc2N(c2ccc3c(c2)-c2ccccc2C32c3ccccc3-c3ccccc32)c2ccc3c4ccccc4c4ccccc4c3c2)cc1. The maximum atomic E-state index is 2.48. The Bertz CT molecular complexity index is 3130. The largest absolute Gasteiger partial charge is 0.310 e. The molecule has 0 atom stereocenters. The third-order valence-corrected chi connectivity index (χ3v) is 12.5. The molecule has 0 N–H and O–H groups in total. The van der Waals surface area contributed by atoms with Gasteiger partial charge in [0.1, 0.15) is 0 Å². The lowest BCUT2D eigenvalue weighted by Gasteiger charge is -2.31. The smallest absolute Gasteiger partial charge is 0.0725 e. The first kappa shape index (κ1) is 31.2. The van der Waals surface area contributed by atoms with Crippen LogP contribution >= 0.6 is 0 Å². The standard InChI is InChI=1S/C55H35N/c1-2-16-36(17-3-1)39-18-11-15-29-54(39)56(37-30-32-44-42-21-5-4-19-40(42)41-20-6-7-22-43(41)48(44)34-37)38-31-33-53-49(35-38)47-25-10-14-28-52(47)55(53)50-26-12-8-23-45(50)46-24-9-13-27-51(46)55/h1-35H. The number of fused-ring (bicyclic) bond motifs is 16. The van der Waals surface area contributed by atoms with Crippen LogP contribution in [0.5, 0.6) is 0 Å². The third-order valence-electron chi connectivity index (χ3n) is 12.5. The number of hydrogen-bond acceptors (Lipinski definition) is 1. The van der Waals surface area contributed by atoms with E-state index in [2.05, 4.69) is 217 Å². The molecule has 10 aromatic rings. The summed E-state index contributed by atoms with van der Waals surface area (Å²) >= 11 is 0. The highest BCUT2D eigenvalue weighted by molar-refractivity contribution is 6.25. The van der Waals surface area contributed by atoms with Crippen molar-refractivity contribution in [3.63, 3.8) is 0 Å². The van der Waals surface area contributed by atoms with Gasteiger partial charge in [0.05, 0.1) is 11.1 Å². The van der Waals surface area contributed by atoms with Gasteiger partial charge < -0.3 is 4.90 Å². The van der Waals surface area contributed by atoms with Gasteiger partial charge in [0.25, 0.3) is 0 Å². The molecule has 1 nitrogen and oxygen atoms in total. The average Bonchev–Trinajstić information content (AvgIpc) is 3.74. The van der Waals surface area contributed by atoms with E-state index in [1.165, 1.54) is 88.0 Å². The number of benzene rings is 10. The summed E-state index contributed by atoms with van der Waals surface area (Å²) in [5.41, 5.74) is 16.0. The van der Waals surface area contributed by atoms with E-state index < -0.39 is 0 Å². The Kier molecular flexibility index (Phi) is 6.62. The van der Waals surface area contributed by atoms with Gasteiger partial charge >= 0.3 is 0 Å². The second-order valence-electron chi connectivity index (χ2n) is 15.2. The van der Waals surface area contributed by atoms with E-state index in [-0.39, 0.29) is 5.41 Å². The van der Waals surface area contributed by atoms with Crippen molar-refractivity contribution in [2.75, 3.05) is 4.90 Å². The van der Waals surface area contributed by atoms with Gasteiger partial charge in [-0.25, -0.2) is 0 Å². The monoisotopic (exact) mass is 709 g/mol. The van der Waals surface area contributed by atoms with E-state index in [1.54, 1.807) is 0 Å². The summed E-state index contributed by atoms with van der Waals surface area (Å²) in [6.07, 6.45) is 0. The first-order valence-corrected chi connectivity index (χ1v) is 19.5. The summed E-state index contributed by atoms with van der Waals surface area (Å²) < 4.78 is 0. The lowest BCUT2D eigenvalue weighted by Crippen LogP contribution is -2.25. The van der Waals surface area contributed by atoms with E-state index >= 15 is 0 Å². The molecule has 2 aliphatic carbocycles. The summed E-state index contributed by atoms with van der Waals surface area (Å²) in [6, 6.07) is 78.8. The minimum atomic E-state index is -0.382. The van der Waals surface area contributed by atoms with E-state index in [0.717, 1.165) is 17.1 Å².